The van der Waals surface area contributed by atoms with Gasteiger partial charge in [-0.3, -0.25) is 0 Å². The molecule has 0 fully saturated rings. The standard InChI is InChI=1S/C40H51N3O.C2H6/c1-23(19-29-17-15-14-16-18-29)30-20-32(42(10)11)31-21-38(7)22-39(8)36(43(12)13)26(4)34(28(6)41)27(5)40(39,9)37(44)35(38)25(3)33(31)24(30)2;1-2/h14-18,20,36,44H,1,3,5-6,19,21-22,41H2,2,4,7-13H3;1-2H3/t36-,38+,39+,40+;/m1./s1. The molecule has 0 saturated carbocycles. The second-order valence-electron chi connectivity index (χ2n) is 14.7. The number of rotatable bonds is 6. The summed E-state index contributed by atoms with van der Waals surface area (Å²) in [7, 11) is 8.47. The van der Waals surface area contributed by atoms with Gasteiger partial charge >= 0.3 is 0 Å². The van der Waals surface area contributed by atoms with Crippen LogP contribution in [-0.2, 0) is 12.8 Å². The lowest BCUT2D eigenvalue weighted by Crippen LogP contribution is -2.62. The zero-order valence-electron chi connectivity index (χ0n) is 30.4. The predicted octanol–water partition coefficient (Wildman–Crippen LogP) is 9.44. The molecule has 3 aliphatic rings. The Kier molecular flexibility index (Phi) is 9.25. The van der Waals surface area contributed by atoms with Crippen LogP contribution in [0.15, 0.2) is 96.5 Å². The van der Waals surface area contributed by atoms with E-state index in [1.165, 1.54) is 16.8 Å². The minimum absolute atomic E-state index is 0.0298. The van der Waals surface area contributed by atoms with Gasteiger partial charge in [-0.15, -0.1) is 0 Å². The van der Waals surface area contributed by atoms with Crippen molar-refractivity contribution in [2.75, 3.05) is 33.1 Å². The van der Waals surface area contributed by atoms with E-state index in [1.807, 2.05) is 19.9 Å². The smallest absolute Gasteiger partial charge is 0.107 e. The van der Waals surface area contributed by atoms with Crippen molar-refractivity contribution >= 4 is 16.8 Å². The summed E-state index contributed by atoms with van der Waals surface area (Å²) in [4.78, 5) is 4.49. The number of hydrogen-bond donors (Lipinski definition) is 2. The Bertz CT molecular complexity index is 1690. The third-order valence-electron chi connectivity index (χ3n) is 11.3. The number of aliphatic hydroxyl groups is 1. The van der Waals surface area contributed by atoms with E-state index in [0.29, 0.717) is 11.5 Å². The Labute approximate surface area is 279 Å². The number of hydrogen-bond acceptors (Lipinski definition) is 4. The van der Waals surface area contributed by atoms with E-state index >= 15 is 0 Å². The van der Waals surface area contributed by atoms with Crippen LogP contribution >= 0.6 is 0 Å². The summed E-state index contributed by atoms with van der Waals surface area (Å²) in [5, 5.41) is 12.7. The summed E-state index contributed by atoms with van der Waals surface area (Å²) in [5.74, 6) is 0.367. The topological polar surface area (TPSA) is 52.7 Å². The number of likely N-dealkylation sites (N-methyl/N-ethyl adjacent to an activating group) is 1. The van der Waals surface area contributed by atoms with Crippen molar-refractivity contribution in [2.45, 2.75) is 73.8 Å². The average molecular weight is 620 g/mol. The second kappa shape index (κ2) is 12.1. The van der Waals surface area contributed by atoms with Crippen molar-refractivity contribution in [3.05, 3.63) is 124 Å². The van der Waals surface area contributed by atoms with Gasteiger partial charge in [0.2, 0.25) is 0 Å². The Balaban J connectivity index is 0.00000235. The fraction of sp³-hybridized carbons (Fsp3) is 0.429. The third-order valence-corrected chi connectivity index (χ3v) is 11.3. The largest absolute Gasteiger partial charge is 0.511 e. The van der Waals surface area contributed by atoms with Crippen LogP contribution < -0.4 is 10.6 Å². The number of nitrogens with zero attached hydrogens (tertiary/aromatic N) is 2. The lowest BCUT2D eigenvalue weighted by atomic mass is 9.42. The summed E-state index contributed by atoms with van der Waals surface area (Å²) >= 11 is 0. The molecule has 246 valence electrons. The van der Waals surface area contributed by atoms with Gasteiger partial charge in [-0.1, -0.05) is 84.3 Å². The van der Waals surface area contributed by atoms with Crippen LogP contribution in [0, 0.1) is 23.2 Å². The first kappa shape index (κ1) is 35.1. The molecule has 0 aliphatic heterocycles. The maximum atomic E-state index is 12.7. The van der Waals surface area contributed by atoms with Crippen molar-refractivity contribution in [1.29, 1.82) is 0 Å². The molecule has 4 atom stereocenters. The summed E-state index contributed by atoms with van der Waals surface area (Å²) in [6.07, 6.45) is 2.43. The molecule has 3 N–H and O–H groups in total. The Morgan fingerprint density at radius 2 is 1.59 bits per heavy atom. The Hall–Kier alpha value is -3.76. The van der Waals surface area contributed by atoms with Crippen molar-refractivity contribution in [2.24, 2.45) is 22.0 Å². The van der Waals surface area contributed by atoms with Gasteiger partial charge in [-0.2, -0.15) is 0 Å². The maximum absolute atomic E-state index is 12.7. The van der Waals surface area contributed by atoms with Crippen molar-refractivity contribution in [3.8, 4) is 0 Å². The fourth-order valence-corrected chi connectivity index (χ4v) is 9.53. The highest BCUT2D eigenvalue weighted by atomic mass is 16.3. The van der Waals surface area contributed by atoms with E-state index in [1.54, 1.807) is 0 Å². The Morgan fingerprint density at radius 3 is 2.11 bits per heavy atom. The first-order chi connectivity index (χ1) is 21.4. The third kappa shape index (κ3) is 4.92. The quantitative estimate of drug-likeness (QED) is 0.338. The zero-order chi connectivity index (χ0) is 34.7. The van der Waals surface area contributed by atoms with Crippen LogP contribution in [0.5, 0.6) is 0 Å². The molecule has 0 bridgehead atoms. The molecule has 0 aromatic heterocycles. The van der Waals surface area contributed by atoms with Crippen molar-refractivity contribution in [3.63, 3.8) is 0 Å². The van der Waals surface area contributed by atoms with Gasteiger partial charge in [0.05, 0.1) is 5.41 Å². The van der Waals surface area contributed by atoms with Gasteiger partial charge in [-0.05, 0) is 110 Å². The fourth-order valence-electron chi connectivity index (χ4n) is 9.53. The molecule has 46 heavy (non-hydrogen) atoms. The SMILES string of the molecule is C=C(N)C1=C(C)[C@@H](N(C)C)[C@]2(C)C[C@]3(C)Cc4c(N(C)C)cc(C(=C)Cc5ccccc5)c(C)c4C(=C)C3=C(O)[C@]2(C)C1=C.CC. The van der Waals surface area contributed by atoms with Crippen LogP contribution in [-0.4, -0.2) is 44.2 Å². The highest BCUT2D eigenvalue weighted by Crippen LogP contribution is 2.70. The molecular weight excluding hydrogens is 562 g/mol. The van der Waals surface area contributed by atoms with E-state index in [2.05, 4.69) is 123 Å². The van der Waals surface area contributed by atoms with E-state index < -0.39 is 5.41 Å². The molecule has 2 aromatic rings. The number of benzene rings is 2. The normalized spacial score (nSPS) is 27.0. The lowest BCUT2D eigenvalue weighted by molar-refractivity contribution is -0.0332. The summed E-state index contributed by atoms with van der Waals surface area (Å²) in [6.45, 7) is 33.2. The molecule has 3 aliphatic carbocycles. The highest BCUT2D eigenvalue weighted by molar-refractivity contribution is 5.91. The lowest BCUT2D eigenvalue weighted by Gasteiger charge is -2.64. The molecule has 0 heterocycles. The molecule has 2 aromatic carbocycles. The van der Waals surface area contributed by atoms with Crippen molar-refractivity contribution < 1.29 is 5.11 Å². The average Bonchev–Trinajstić information content (AvgIpc) is 2.96. The Morgan fingerprint density at radius 1 is 1.00 bits per heavy atom. The molecule has 0 spiro atoms. The zero-order valence-corrected chi connectivity index (χ0v) is 30.4. The number of aliphatic hydroxyl groups excluding tert-OH is 1. The first-order valence-corrected chi connectivity index (χ1v) is 16.6. The van der Waals surface area contributed by atoms with Crippen LogP contribution in [0.3, 0.4) is 0 Å². The summed E-state index contributed by atoms with van der Waals surface area (Å²) in [6, 6.07) is 12.8. The van der Waals surface area contributed by atoms with E-state index in [-0.39, 0.29) is 16.9 Å². The molecule has 0 amide bonds. The number of nitrogens with two attached hydrogens (primary N) is 1. The molecule has 4 nitrogen and oxygen atoms in total. The summed E-state index contributed by atoms with van der Waals surface area (Å²) < 4.78 is 0. The maximum Gasteiger partial charge on any atom is 0.107 e. The predicted molar refractivity (Wildman–Crippen MR) is 200 cm³/mol. The number of fused-ring (bicyclic) bond motifs is 3. The second-order valence-corrected chi connectivity index (χ2v) is 14.7. The molecular formula is C42H57N3O. The van der Waals surface area contributed by atoms with Crippen LogP contribution in [0.4, 0.5) is 5.69 Å². The first-order valence-electron chi connectivity index (χ1n) is 16.6. The van der Waals surface area contributed by atoms with Gasteiger partial charge in [0.25, 0.3) is 0 Å². The van der Waals surface area contributed by atoms with Gasteiger partial charge in [0.15, 0.2) is 0 Å². The van der Waals surface area contributed by atoms with Gasteiger partial charge in [-0.25, -0.2) is 0 Å². The van der Waals surface area contributed by atoms with Crippen LogP contribution in [0.2, 0.25) is 0 Å². The molecule has 0 saturated heterocycles. The van der Waals surface area contributed by atoms with Crippen LogP contribution in [0.1, 0.15) is 75.8 Å². The van der Waals surface area contributed by atoms with Gasteiger partial charge in [0, 0.05) is 53.5 Å². The molecule has 5 rings (SSSR count). The minimum Gasteiger partial charge on any atom is -0.511 e. The van der Waals surface area contributed by atoms with Gasteiger partial charge in [0.1, 0.15) is 5.76 Å². The molecule has 0 radical (unpaired) electrons. The van der Waals surface area contributed by atoms with E-state index in [4.69, 9.17) is 12.3 Å². The van der Waals surface area contributed by atoms with Crippen LogP contribution in [0.25, 0.3) is 11.1 Å². The highest BCUT2D eigenvalue weighted by Gasteiger charge is 2.65. The number of allylic oxidation sites excluding steroid dienone is 5. The van der Waals surface area contributed by atoms with Gasteiger partial charge < -0.3 is 20.6 Å². The minimum atomic E-state index is -0.763. The van der Waals surface area contributed by atoms with Crippen molar-refractivity contribution in [1.82, 2.24) is 4.90 Å². The number of anilines is 1. The molecule has 0 unspecified atom stereocenters. The van der Waals surface area contributed by atoms with E-state index in [9.17, 15) is 5.11 Å². The summed E-state index contributed by atoms with van der Waals surface area (Å²) in [5.41, 5.74) is 18.4. The monoisotopic (exact) mass is 619 g/mol. The van der Waals surface area contributed by atoms with E-state index in [0.717, 1.165) is 69.4 Å². The molecule has 4 heteroatoms.